The molecule has 110 valence electrons. The molecule has 21 heavy (non-hydrogen) atoms. The first kappa shape index (κ1) is 14.6. The van der Waals surface area contributed by atoms with Gasteiger partial charge in [-0.2, -0.15) is 0 Å². The van der Waals surface area contributed by atoms with Gasteiger partial charge in [0.25, 0.3) is 0 Å². The predicted octanol–water partition coefficient (Wildman–Crippen LogP) is 3.64. The van der Waals surface area contributed by atoms with Gasteiger partial charge in [-0.25, -0.2) is 5.43 Å². The minimum Gasteiger partial charge on any atom is -0.493 e. The van der Waals surface area contributed by atoms with E-state index in [2.05, 4.69) is 64.7 Å². The first-order valence-corrected chi connectivity index (χ1v) is 7.97. The van der Waals surface area contributed by atoms with Gasteiger partial charge in [-0.3, -0.25) is 5.84 Å². The highest BCUT2D eigenvalue weighted by atomic mass is 79.9. The summed E-state index contributed by atoms with van der Waals surface area (Å²) in [4.78, 5) is 0. The van der Waals surface area contributed by atoms with Crippen LogP contribution < -0.4 is 16.0 Å². The lowest BCUT2D eigenvalue weighted by Crippen LogP contribution is -2.30. The zero-order valence-electron chi connectivity index (χ0n) is 12.0. The van der Waals surface area contributed by atoms with Crippen LogP contribution in [0.2, 0.25) is 0 Å². The average molecular weight is 347 g/mol. The van der Waals surface area contributed by atoms with Crippen molar-refractivity contribution in [2.75, 3.05) is 6.61 Å². The summed E-state index contributed by atoms with van der Waals surface area (Å²) in [6, 6.07) is 12.5. The lowest BCUT2D eigenvalue weighted by molar-refractivity contribution is 0.283. The van der Waals surface area contributed by atoms with E-state index < -0.39 is 0 Å². The monoisotopic (exact) mass is 346 g/mol. The third kappa shape index (κ3) is 2.84. The molecule has 1 aliphatic heterocycles. The Balaban J connectivity index is 2.08. The lowest BCUT2D eigenvalue weighted by atomic mass is 9.93. The van der Waals surface area contributed by atoms with Crippen molar-refractivity contribution in [1.82, 2.24) is 5.43 Å². The number of ether oxygens (including phenoxy) is 1. The number of nitrogens with two attached hydrogens (primary N) is 1. The van der Waals surface area contributed by atoms with Crippen molar-refractivity contribution in [3.05, 3.63) is 63.1 Å². The van der Waals surface area contributed by atoms with Crippen LogP contribution in [0.5, 0.6) is 5.75 Å². The zero-order valence-corrected chi connectivity index (χ0v) is 13.6. The molecule has 0 aromatic heterocycles. The highest BCUT2D eigenvalue weighted by Gasteiger charge is 2.23. The predicted molar refractivity (Wildman–Crippen MR) is 88.3 cm³/mol. The molecule has 0 bridgehead atoms. The molecule has 0 saturated heterocycles. The number of hydrogen-bond acceptors (Lipinski definition) is 3. The maximum Gasteiger partial charge on any atom is 0.127 e. The Morgan fingerprint density at radius 2 is 2.10 bits per heavy atom. The van der Waals surface area contributed by atoms with Gasteiger partial charge >= 0.3 is 0 Å². The van der Waals surface area contributed by atoms with Gasteiger partial charge in [0.05, 0.1) is 12.6 Å². The third-order valence-electron chi connectivity index (χ3n) is 3.91. The Morgan fingerprint density at radius 1 is 1.24 bits per heavy atom. The minimum atomic E-state index is -0.0898. The number of halogens is 1. The second-order valence-corrected chi connectivity index (χ2v) is 6.27. The summed E-state index contributed by atoms with van der Waals surface area (Å²) < 4.78 is 6.97. The van der Waals surface area contributed by atoms with Gasteiger partial charge in [0.2, 0.25) is 0 Å². The average Bonchev–Trinajstić information content (AvgIpc) is 2.50. The molecule has 2 aromatic rings. The molecule has 3 rings (SSSR count). The molecule has 3 nitrogen and oxygen atoms in total. The maximum atomic E-state index is 5.91. The van der Waals surface area contributed by atoms with Crippen LogP contribution in [-0.2, 0) is 6.42 Å². The molecule has 0 amide bonds. The fourth-order valence-electron chi connectivity index (χ4n) is 2.86. The van der Waals surface area contributed by atoms with Crippen LogP contribution in [-0.4, -0.2) is 6.61 Å². The van der Waals surface area contributed by atoms with Gasteiger partial charge < -0.3 is 4.74 Å². The number of para-hydroxylation sites is 1. The van der Waals surface area contributed by atoms with Crippen molar-refractivity contribution in [3.63, 3.8) is 0 Å². The largest absolute Gasteiger partial charge is 0.493 e. The van der Waals surface area contributed by atoms with E-state index in [4.69, 9.17) is 10.6 Å². The number of benzene rings is 2. The standard InChI is InChI=1S/C17H19BrN2O/c1-11-7-8-13(15(18)10-11)16(20-19)14-6-2-4-12-5-3-9-21-17(12)14/h2,4,6-8,10,16,20H,3,5,9,19H2,1H3. The van der Waals surface area contributed by atoms with Gasteiger partial charge in [0.1, 0.15) is 5.75 Å². The smallest absolute Gasteiger partial charge is 0.127 e. The molecular weight excluding hydrogens is 328 g/mol. The number of rotatable bonds is 3. The van der Waals surface area contributed by atoms with E-state index in [0.717, 1.165) is 40.8 Å². The summed E-state index contributed by atoms with van der Waals surface area (Å²) in [5, 5.41) is 0. The molecule has 1 heterocycles. The summed E-state index contributed by atoms with van der Waals surface area (Å²) in [5.41, 5.74) is 7.63. The fourth-order valence-corrected chi connectivity index (χ4v) is 3.58. The molecular formula is C17H19BrN2O. The van der Waals surface area contributed by atoms with E-state index in [-0.39, 0.29) is 6.04 Å². The highest BCUT2D eigenvalue weighted by molar-refractivity contribution is 9.10. The van der Waals surface area contributed by atoms with Crippen molar-refractivity contribution < 1.29 is 4.74 Å². The van der Waals surface area contributed by atoms with Gasteiger partial charge in [-0.15, -0.1) is 0 Å². The first-order chi connectivity index (χ1) is 10.2. The van der Waals surface area contributed by atoms with Crippen LogP contribution in [0.15, 0.2) is 40.9 Å². The third-order valence-corrected chi connectivity index (χ3v) is 4.60. The molecule has 0 saturated carbocycles. The number of hydrazine groups is 1. The molecule has 1 atom stereocenters. The van der Waals surface area contributed by atoms with Crippen LogP contribution in [0.25, 0.3) is 0 Å². The summed E-state index contributed by atoms with van der Waals surface area (Å²) >= 11 is 3.65. The summed E-state index contributed by atoms with van der Waals surface area (Å²) in [6.07, 6.45) is 2.14. The van der Waals surface area contributed by atoms with Crippen LogP contribution in [0.1, 0.15) is 34.7 Å². The Kier molecular flexibility index (Phi) is 4.29. The molecule has 2 aromatic carbocycles. The van der Waals surface area contributed by atoms with Crippen molar-refractivity contribution in [2.24, 2.45) is 5.84 Å². The first-order valence-electron chi connectivity index (χ1n) is 7.17. The van der Waals surface area contributed by atoms with E-state index in [0.29, 0.717) is 0 Å². The van der Waals surface area contributed by atoms with E-state index in [1.165, 1.54) is 11.1 Å². The molecule has 3 N–H and O–H groups in total. The number of aryl methyl sites for hydroxylation is 2. The summed E-state index contributed by atoms with van der Waals surface area (Å²) in [7, 11) is 0. The number of fused-ring (bicyclic) bond motifs is 1. The number of nitrogens with one attached hydrogen (secondary N) is 1. The molecule has 1 unspecified atom stereocenters. The zero-order chi connectivity index (χ0) is 14.8. The van der Waals surface area contributed by atoms with Gasteiger partial charge in [-0.05, 0) is 42.5 Å². The SMILES string of the molecule is Cc1ccc(C(NN)c2cccc3c2OCCC3)c(Br)c1. The van der Waals surface area contributed by atoms with Crippen LogP contribution in [0.3, 0.4) is 0 Å². The fraction of sp³-hybridized carbons (Fsp3) is 0.294. The van der Waals surface area contributed by atoms with Crippen LogP contribution in [0, 0.1) is 6.92 Å². The second-order valence-electron chi connectivity index (χ2n) is 5.41. The normalized spacial score (nSPS) is 15.2. The molecule has 0 spiro atoms. The van der Waals surface area contributed by atoms with Crippen molar-refractivity contribution in [2.45, 2.75) is 25.8 Å². The van der Waals surface area contributed by atoms with Crippen LogP contribution in [0.4, 0.5) is 0 Å². The van der Waals surface area contributed by atoms with Gasteiger partial charge in [-0.1, -0.05) is 46.3 Å². The van der Waals surface area contributed by atoms with E-state index in [1.807, 2.05) is 0 Å². The quantitative estimate of drug-likeness (QED) is 0.658. The second kappa shape index (κ2) is 6.18. The summed E-state index contributed by atoms with van der Waals surface area (Å²) in [6.45, 7) is 2.85. The number of hydrogen-bond donors (Lipinski definition) is 2. The molecule has 0 fully saturated rings. The molecule has 0 aliphatic carbocycles. The van der Waals surface area contributed by atoms with Crippen molar-refractivity contribution in [3.8, 4) is 5.75 Å². The maximum absolute atomic E-state index is 5.91. The highest BCUT2D eigenvalue weighted by Crippen LogP contribution is 2.37. The topological polar surface area (TPSA) is 47.3 Å². The van der Waals surface area contributed by atoms with E-state index in [9.17, 15) is 0 Å². The lowest BCUT2D eigenvalue weighted by Gasteiger charge is -2.25. The molecule has 0 radical (unpaired) electrons. The summed E-state index contributed by atoms with van der Waals surface area (Å²) in [5.74, 6) is 6.84. The minimum absolute atomic E-state index is 0.0898. The van der Waals surface area contributed by atoms with Crippen LogP contribution >= 0.6 is 15.9 Å². The molecule has 4 heteroatoms. The van der Waals surface area contributed by atoms with Gasteiger partial charge in [0, 0.05) is 10.0 Å². The Morgan fingerprint density at radius 3 is 2.86 bits per heavy atom. The Hall–Kier alpha value is -1.36. The Bertz CT molecular complexity index is 657. The van der Waals surface area contributed by atoms with Crippen molar-refractivity contribution in [1.29, 1.82) is 0 Å². The van der Waals surface area contributed by atoms with E-state index in [1.54, 1.807) is 0 Å². The molecule has 1 aliphatic rings. The van der Waals surface area contributed by atoms with Crippen molar-refractivity contribution >= 4 is 15.9 Å². The van der Waals surface area contributed by atoms with Gasteiger partial charge in [0.15, 0.2) is 0 Å². The van der Waals surface area contributed by atoms with E-state index >= 15 is 0 Å². The Labute approximate surface area is 133 Å².